The van der Waals surface area contributed by atoms with Gasteiger partial charge in [-0.25, -0.2) is 0 Å². The number of rotatable bonds is 5. The van der Waals surface area contributed by atoms with Crippen molar-refractivity contribution in [2.24, 2.45) is 0 Å². The lowest BCUT2D eigenvalue weighted by Crippen LogP contribution is -2.03. The number of ketones is 1. The molecule has 2 nitrogen and oxygen atoms in total. The van der Waals surface area contributed by atoms with Gasteiger partial charge in [0.25, 0.3) is 0 Å². The maximum atomic E-state index is 11.6. The molecule has 0 atom stereocenters. The number of hydrogen-bond donors (Lipinski definition) is 0. The molecule has 0 saturated carbocycles. The third-order valence-corrected chi connectivity index (χ3v) is 2.19. The van der Waals surface area contributed by atoms with Crippen LogP contribution < -0.4 is 0 Å². The van der Waals surface area contributed by atoms with Crippen molar-refractivity contribution >= 4 is 5.78 Å². The molecule has 0 unspecified atom stereocenters. The fraction of sp³-hybridized carbons (Fsp3) is 0.417. The Kier molecular flexibility index (Phi) is 4.33. The Morgan fingerprint density at radius 1 is 1.43 bits per heavy atom. The Morgan fingerprint density at radius 2 is 2.21 bits per heavy atom. The minimum absolute atomic E-state index is 0.155. The molecule has 0 radical (unpaired) electrons. The van der Waals surface area contributed by atoms with Gasteiger partial charge < -0.3 is 4.74 Å². The molecule has 0 amide bonds. The Hall–Kier alpha value is -1.15. The van der Waals surface area contributed by atoms with Crippen molar-refractivity contribution in [3.63, 3.8) is 0 Å². The molecule has 0 aliphatic heterocycles. The van der Waals surface area contributed by atoms with E-state index in [0.717, 1.165) is 12.0 Å². The zero-order chi connectivity index (χ0) is 10.4. The standard InChI is InChI=1S/C12H16O2/c1-3-10-5-4-6-11(9-10)12(13)7-8-14-2/h4-6,9H,3,7-8H2,1-2H3. The van der Waals surface area contributed by atoms with Gasteiger partial charge in [-0.2, -0.15) is 0 Å². The van der Waals surface area contributed by atoms with Crippen LogP contribution in [0.2, 0.25) is 0 Å². The monoisotopic (exact) mass is 192 g/mol. The maximum absolute atomic E-state index is 11.6. The molecule has 0 aromatic heterocycles. The van der Waals surface area contributed by atoms with Gasteiger partial charge in [0.05, 0.1) is 6.61 Å². The van der Waals surface area contributed by atoms with Gasteiger partial charge in [-0.15, -0.1) is 0 Å². The maximum Gasteiger partial charge on any atom is 0.165 e. The molecule has 0 N–H and O–H groups in total. The third-order valence-electron chi connectivity index (χ3n) is 2.19. The summed E-state index contributed by atoms with van der Waals surface area (Å²) in [6, 6.07) is 7.78. The molecule has 0 fully saturated rings. The van der Waals surface area contributed by atoms with Gasteiger partial charge in [-0.05, 0) is 18.1 Å². The molecule has 0 bridgehead atoms. The number of hydrogen-bond acceptors (Lipinski definition) is 2. The van der Waals surface area contributed by atoms with Crippen molar-refractivity contribution in [1.82, 2.24) is 0 Å². The second-order valence-corrected chi connectivity index (χ2v) is 3.22. The fourth-order valence-corrected chi connectivity index (χ4v) is 1.30. The number of carbonyl (C=O) groups is 1. The molecule has 0 aliphatic rings. The van der Waals surface area contributed by atoms with Gasteiger partial charge in [0, 0.05) is 19.1 Å². The van der Waals surface area contributed by atoms with Crippen LogP contribution in [-0.4, -0.2) is 19.5 Å². The Morgan fingerprint density at radius 3 is 2.86 bits per heavy atom. The average Bonchev–Trinajstić information content (AvgIpc) is 2.26. The number of methoxy groups -OCH3 is 1. The Balaban J connectivity index is 2.69. The molecule has 0 spiro atoms. The van der Waals surface area contributed by atoms with E-state index in [1.54, 1.807) is 7.11 Å². The molecule has 14 heavy (non-hydrogen) atoms. The van der Waals surface area contributed by atoms with Crippen LogP contribution in [0, 0.1) is 0 Å². The van der Waals surface area contributed by atoms with Crippen LogP contribution in [0.3, 0.4) is 0 Å². The lowest BCUT2D eigenvalue weighted by molar-refractivity contribution is 0.0932. The van der Waals surface area contributed by atoms with Crippen molar-refractivity contribution in [2.45, 2.75) is 19.8 Å². The summed E-state index contributed by atoms with van der Waals surface area (Å²) in [7, 11) is 1.61. The zero-order valence-electron chi connectivity index (χ0n) is 8.75. The van der Waals surface area contributed by atoms with E-state index >= 15 is 0 Å². The van der Waals surface area contributed by atoms with E-state index in [1.165, 1.54) is 5.56 Å². The lowest BCUT2D eigenvalue weighted by atomic mass is 10.0. The summed E-state index contributed by atoms with van der Waals surface area (Å²) in [5.74, 6) is 0.155. The molecule has 0 saturated heterocycles. The number of ether oxygens (including phenoxy) is 1. The highest BCUT2D eigenvalue weighted by Crippen LogP contribution is 2.08. The summed E-state index contributed by atoms with van der Waals surface area (Å²) in [5.41, 5.74) is 2.00. The van der Waals surface area contributed by atoms with Crippen molar-refractivity contribution in [1.29, 1.82) is 0 Å². The van der Waals surface area contributed by atoms with Gasteiger partial charge >= 0.3 is 0 Å². The van der Waals surface area contributed by atoms with Crippen molar-refractivity contribution in [2.75, 3.05) is 13.7 Å². The highest BCUT2D eigenvalue weighted by molar-refractivity contribution is 5.96. The van der Waals surface area contributed by atoms with Gasteiger partial charge in [-0.1, -0.05) is 25.1 Å². The molecular weight excluding hydrogens is 176 g/mol. The van der Waals surface area contributed by atoms with Gasteiger partial charge in [0.1, 0.15) is 0 Å². The normalized spacial score (nSPS) is 10.1. The minimum Gasteiger partial charge on any atom is -0.384 e. The van der Waals surface area contributed by atoms with Gasteiger partial charge in [-0.3, -0.25) is 4.79 Å². The van der Waals surface area contributed by atoms with E-state index in [0.29, 0.717) is 13.0 Å². The fourth-order valence-electron chi connectivity index (χ4n) is 1.30. The molecule has 76 valence electrons. The number of carbonyl (C=O) groups excluding carboxylic acids is 1. The Bertz CT molecular complexity index is 305. The molecule has 1 aromatic carbocycles. The first kappa shape index (κ1) is 10.9. The van der Waals surface area contributed by atoms with Crippen molar-refractivity contribution < 1.29 is 9.53 Å². The van der Waals surface area contributed by atoms with Crippen LogP contribution in [0.1, 0.15) is 29.3 Å². The first-order valence-corrected chi connectivity index (χ1v) is 4.89. The zero-order valence-corrected chi connectivity index (χ0v) is 8.75. The smallest absolute Gasteiger partial charge is 0.165 e. The van der Waals surface area contributed by atoms with Crippen LogP contribution in [0.15, 0.2) is 24.3 Å². The Labute approximate surface area is 84.9 Å². The summed E-state index contributed by atoms with van der Waals surface area (Å²) in [5, 5.41) is 0. The van der Waals surface area contributed by atoms with Crippen molar-refractivity contribution in [3.8, 4) is 0 Å². The molecular formula is C12H16O2. The largest absolute Gasteiger partial charge is 0.384 e. The summed E-state index contributed by atoms with van der Waals surface area (Å²) >= 11 is 0. The quantitative estimate of drug-likeness (QED) is 0.670. The van der Waals surface area contributed by atoms with E-state index < -0.39 is 0 Å². The van der Waals surface area contributed by atoms with E-state index in [1.807, 2.05) is 24.3 Å². The van der Waals surface area contributed by atoms with Crippen LogP contribution in [0.25, 0.3) is 0 Å². The van der Waals surface area contributed by atoms with E-state index in [9.17, 15) is 4.79 Å². The first-order chi connectivity index (χ1) is 6.77. The highest BCUT2D eigenvalue weighted by Gasteiger charge is 2.05. The summed E-state index contributed by atoms with van der Waals surface area (Å²) in [6.07, 6.45) is 1.43. The van der Waals surface area contributed by atoms with E-state index in [2.05, 4.69) is 6.92 Å². The van der Waals surface area contributed by atoms with Crippen LogP contribution in [0.5, 0.6) is 0 Å². The molecule has 2 heteroatoms. The summed E-state index contributed by atoms with van der Waals surface area (Å²) in [4.78, 5) is 11.6. The highest BCUT2D eigenvalue weighted by atomic mass is 16.5. The molecule has 0 heterocycles. The predicted molar refractivity (Wildman–Crippen MR) is 56.6 cm³/mol. The molecule has 1 rings (SSSR count). The van der Waals surface area contributed by atoms with E-state index in [-0.39, 0.29) is 5.78 Å². The number of benzene rings is 1. The van der Waals surface area contributed by atoms with Crippen molar-refractivity contribution in [3.05, 3.63) is 35.4 Å². The molecule has 1 aromatic rings. The van der Waals surface area contributed by atoms with Crippen LogP contribution in [0.4, 0.5) is 0 Å². The summed E-state index contributed by atoms with van der Waals surface area (Å²) < 4.78 is 4.87. The number of aryl methyl sites for hydroxylation is 1. The van der Waals surface area contributed by atoms with Crippen LogP contribution >= 0.6 is 0 Å². The lowest BCUT2D eigenvalue weighted by Gasteiger charge is -2.02. The second kappa shape index (κ2) is 5.55. The van der Waals surface area contributed by atoms with E-state index in [4.69, 9.17) is 4.74 Å². The topological polar surface area (TPSA) is 26.3 Å². The van der Waals surface area contributed by atoms with Gasteiger partial charge in [0.15, 0.2) is 5.78 Å². The third kappa shape index (κ3) is 2.96. The van der Waals surface area contributed by atoms with Gasteiger partial charge in [0.2, 0.25) is 0 Å². The average molecular weight is 192 g/mol. The first-order valence-electron chi connectivity index (χ1n) is 4.89. The molecule has 0 aliphatic carbocycles. The number of Topliss-reactive ketones (excluding diaryl/α,β-unsaturated/α-hetero) is 1. The second-order valence-electron chi connectivity index (χ2n) is 3.22. The minimum atomic E-state index is 0.155. The van der Waals surface area contributed by atoms with Crippen LogP contribution in [-0.2, 0) is 11.2 Å². The predicted octanol–water partition coefficient (Wildman–Crippen LogP) is 2.47. The summed E-state index contributed by atoms with van der Waals surface area (Å²) in [6.45, 7) is 2.58. The SMILES string of the molecule is CCc1cccc(C(=O)CCOC)c1.